The first-order chi connectivity index (χ1) is 20.3. The number of hydrogen-bond acceptors (Lipinski definition) is 9. The lowest BCUT2D eigenvalue weighted by Crippen LogP contribution is -2.48. The molecule has 1 aromatic heterocycles. The number of halogens is 3. The largest absolute Gasteiger partial charge is 0.481 e. The molecule has 0 unspecified atom stereocenters. The lowest BCUT2D eigenvalue weighted by Gasteiger charge is -2.32. The first kappa shape index (κ1) is 30.7. The molecule has 4 heterocycles. The molecule has 0 spiro atoms. The Labute approximate surface area is 250 Å². The molecule has 5 rings (SSSR count). The number of thiazole rings is 1. The number of benzene rings is 1. The Morgan fingerprint density at radius 3 is 2.70 bits per heavy atom. The second kappa shape index (κ2) is 11.4. The maximum atomic E-state index is 16.3. The van der Waals surface area contributed by atoms with E-state index in [2.05, 4.69) is 10.3 Å². The quantitative estimate of drug-likeness (QED) is 0.411. The summed E-state index contributed by atoms with van der Waals surface area (Å²) in [4.78, 5) is 49.8. The van der Waals surface area contributed by atoms with E-state index in [0.717, 1.165) is 4.90 Å². The Balaban J connectivity index is 1.56. The first-order valence-electron chi connectivity index (χ1n) is 13.8. The van der Waals surface area contributed by atoms with Gasteiger partial charge in [-0.15, -0.1) is 11.3 Å². The minimum atomic E-state index is -2.89. The standard InChI is InChI=1S/C29H32F3N5O5S/c1-5-42-25(38)21-18(34-23(24-33-9-10-43-24)35-22(21)16-7-6-8-17(30)15(16)2)11-36-12-19(31)29(32)20(36)13-37(26(29)39)14-28(3,4)27(40)41/h6-10,19-20,22H,5,11-14H2,1-4H3,(H,34,35)(H,40,41)/t19-,20-,22-,29+/m0/s1. The smallest absolute Gasteiger partial charge is 0.338 e. The van der Waals surface area contributed by atoms with Crippen LogP contribution >= 0.6 is 11.3 Å². The zero-order chi connectivity index (χ0) is 31.3. The molecule has 3 aliphatic heterocycles. The number of carbonyl (C=O) groups is 3. The third kappa shape index (κ3) is 5.30. The Hall–Kier alpha value is -3.78. The van der Waals surface area contributed by atoms with Crippen LogP contribution in [0.25, 0.3) is 0 Å². The zero-order valence-corrected chi connectivity index (χ0v) is 24.9. The van der Waals surface area contributed by atoms with Crippen LogP contribution in [0.3, 0.4) is 0 Å². The number of hydrogen-bond donors (Lipinski definition) is 2. The number of carboxylic acids is 1. The van der Waals surface area contributed by atoms with Crippen molar-refractivity contribution in [1.82, 2.24) is 20.1 Å². The number of alkyl halides is 2. The number of rotatable bonds is 9. The van der Waals surface area contributed by atoms with Crippen LogP contribution < -0.4 is 5.32 Å². The molecule has 2 aromatic rings. The van der Waals surface area contributed by atoms with E-state index in [1.54, 1.807) is 31.5 Å². The number of amides is 1. The van der Waals surface area contributed by atoms with Crippen LogP contribution in [0.2, 0.25) is 0 Å². The summed E-state index contributed by atoms with van der Waals surface area (Å²) in [7, 11) is 0. The summed E-state index contributed by atoms with van der Waals surface area (Å²) in [6.45, 7) is 4.84. The molecule has 43 heavy (non-hydrogen) atoms. The van der Waals surface area contributed by atoms with Crippen LogP contribution in [0.4, 0.5) is 13.2 Å². The van der Waals surface area contributed by atoms with Gasteiger partial charge in [0.15, 0.2) is 17.0 Å². The highest BCUT2D eigenvalue weighted by atomic mass is 32.1. The molecular formula is C29H32F3N5O5S. The van der Waals surface area contributed by atoms with E-state index in [9.17, 15) is 23.9 Å². The number of carboxylic acid groups (broad SMARTS) is 1. The number of aromatic nitrogens is 1. The van der Waals surface area contributed by atoms with Gasteiger partial charge in [-0.1, -0.05) is 12.1 Å². The highest BCUT2D eigenvalue weighted by Gasteiger charge is 2.67. The summed E-state index contributed by atoms with van der Waals surface area (Å²) in [6.07, 6.45) is -0.619. The maximum absolute atomic E-state index is 16.3. The van der Waals surface area contributed by atoms with Crippen LogP contribution in [-0.4, -0.2) is 94.2 Å². The maximum Gasteiger partial charge on any atom is 0.338 e. The fraction of sp³-hybridized carbons (Fsp3) is 0.483. The summed E-state index contributed by atoms with van der Waals surface area (Å²) in [5.74, 6) is -3.24. The molecule has 2 N–H and O–H groups in total. The van der Waals surface area contributed by atoms with Gasteiger partial charge in [-0.2, -0.15) is 0 Å². The van der Waals surface area contributed by atoms with Gasteiger partial charge in [0.1, 0.15) is 11.9 Å². The van der Waals surface area contributed by atoms with Crippen molar-refractivity contribution in [3.8, 4) is 0 Å². The van der Waals surface area contributed by atoms with E-state index in [1.807, 2.05) is 0 Å². The van der Waals surface area contributed by atoms with E-state index in [-0.39, 0.29) is 48.9 Å². The lowest BCUT2D eigenvalue weighted by atomic mass is 9.92. The third-order valence-electron chi connectivity index (χ3n) is 8.17. The number of esters is 1. The Morgan fingerprint density at radius 1 is 1.30 bits per heavy atom. The second-order valence-electron chi connectivity index (χ2n) is 11.5. The average molecular weight is 620 g/mol. The molecule has 4 atom stereocenters. The normalized spacial score (nSPS) is 25.9. The molecule has 0 aliphatic carbocycles. The lowest BCUT2D eigenvalue weighted by molar-refractivity contribution is -0.150. The van der Waals surface area contributed by atoms with Crippen molar-refractivity contribution in [3.63, 3.8) is 0 Å². The van der Waals surface area contributed by atoms with Gasteiger partial charge < -0.3 is 20.1 Å². The van der Waals surface area contributed by atoms with Crippen LogP contribution in [-0.2, 0) is 19.1 Å². The zero-order valence-electron chi connectivity index (χ0n) is 24.1. The third-order valence-corrected chi connectivity index (χ3v) is 8.95. The van der Waals surface area contributed by atoms with Crippen molar-refractivity contribution in [2.24, 2.45) is 10.4 Å². The van der Waals surface area contributed by atoms with E-state index in [0.29, 0.717) is 10.6 Å². The molecule has 1 aromatic carbocycles. The minimum Gasteiger partial charge on any atom is -0.481 e. The fourth-order valence-electron chi connectivity index (χ4n) is 5.82. The number of fused-ring (bicyclic) bond motifs is 1. The number of carbonyl (C=O) groups excluding carboxylic acids is 2. The number of aliphatic imine (C=N–C) groups is 1. The molecule has 0 radical (unpaired) electrons. The number of ether oxygens (including phenoxy) is 1. The van der Waals surface area contributed by atoms with E-state index >= 15 is 8.78 Å². The molecule has 3 aliphatic rings. The van der Waals surface area contributed by atoms with Crippen molar-refractivity contribution in [3.05, 3.63) is 63.0 Å². The molecule has 0 saturated carbocycles. The summed E-state index contributed by atoms with van der Waals surface area (Å²) < 4.78 is 51.8. The SMILES string of the molecule is CCOC(=O)C1=C(CN2C[C@H](F)[C@]3(F)C(=O)N(CC(C)(C)C(=O)O)C[C@H]23)NC(c2nccs2)=N[C@H]1c1cccc(F)c1C. The molecule has 10 nitrogen and oxygen atoms in total. The fourth-order valence-corrected chi connectivity index (χ4v) is 6.41. The average Bonchev–Trinajstić information content (AvgIpc) is 3.63. The van der Waals surface area contributed by atoms with Crippen molar-refractivity contribution >= 4 is 35.0 Å². The van der Waals surface area contributed by atoms with Crippen LogP contribution in [0.5, 0.6) is 0 Å². The van der Waals surface area contributed by atoms with Gasteiger partial charge in [-0.25, -0.2) is 22.9 Å². The second-order valence-corrected chi connectivity index (χ2v) is 12.4. The molecule has 14 heteroatoms. The molecule has 1 amide bonds. The highest BCUT2D eigenvalue weighted by Crippen LogP contribution is 2.44. The molecular weight excluding hydrogens is 587 g/mol. The van der Waals surface area contributed by atoms with Gasteiger partial charge in [0.05, 0.1) is 23.6 Å². The predicted octanol–water partition coefficient (Wildman–Crippen LogP) is 3.18. The van der Waals surface area contributed by atoms with Crippen LogP contribution in [0.1, 0.15) is 42.9 Å². The summed E-state index contributed by atoms with van der Waals surface area (Å²) >= 11 is 1.27. The Bertz CT molecular complexity index is 1510. The van der Waals surface area contributed by atoms with Gasteiger partial charge in [0.2, 0.25) is 5.67 Å². The van der Waals surface area contributed by atoms with Crippen molar-refractivity contribution in [1.29, 1.82) is 0 Å². The minimum absolute atomic E-state index is 0.0306. The van der Waals surface area contributed by atoms with Gasteiger partial charge in [0, 0.05) is 43.5 Å². The number of nitrogens with zero attached hydrogens (tertiary/aromatic N) is 4. The molecule has 2 saturated heterocycles. The summed E-state index contributed by atoms with van der Waals surface area (Å²) in [6, 6.07) is 2.16. The van der Waals surface area contributed by atoms with Gasteiger partial charge in [-0.3, -0.25) is 19.5 Å². The number of likely N-dealkylation sites (tertiary alicyclic amines) is 2. The van der Waals surface area contributed by atoms with E-state index in [4.69, 9.17) is 9.73 Å². The Kier molecular flexibility index (Phi) is 8.11. The number of aliphatic carboxylic acids is 1. The predicted molar refractivity (Wildman–Crippen MR) is 151 cm³/mol. The number of nitrogens with one attached hydrogen (secondary N) is 1. The van der Waals surface area contributed by atoms with Gasteiger partial charge in [-0.05, 0) is 44.9 Å². The van der Waals surface area contributed by atoms with E-state index < -0.39 is 59.5 Å². The molecule has 2 fully saturated rings. The van der Waals surface area contributed by atoms with Crippen molar-refractivity contribution < 1.29 is 37.4 Å². The molecule has 230 valence electrons. The summed E-state index contributed by atoms with van der Waals surface area (Å²) in [5.41, 5.74) is -3.35. The van der Waals surface area contributed by atoms with Crippen LogP contribution in [0.15, 0.2) is 46.0 Å². The van der Waals surface area contributed by atoms with Crippen LogP contribution in [0, 0.1) is 18.2 Å². The van der Waals surface area contributed by atoms with Crippen molar-refractivity contribution in [2.45, 2.75) is 51.6 Å². The highest BCUT2D eigenvalue weighted by molar-refractivity contribution is 7.11. The molecule has 0 bridgehead atoms. The van der Waals surface area contributed by atoms with E-state index in [1.165, 1.54) is 42.2 Å². The monoisotopic (exact) mass is 619 g/mol. The van der Waals surface area contributed by atoms with Gasteiger partial charge >= 0.3 is 11.9 Å². The summed E-state index contributed by atoms with van der Waals surface area (Å²) in [5, 5.41) is 14.9. The number of amidine groups is 1. The first-order valence-corrected chi connectivity index (χ1v) is 14.7. The topological polar surface area (TPSA) is 124 Å². The van der Waals surface area contributed by atoms with Crippen molar-refractivity contribution in [2.75, 3.05) is 32.8 Å². The van der Waals surface area contributed by atoms with Gasteiger partial charge in [0.25, 0.3) is 5.91 Å². The Morgan fingerprint density at radius 2 is 2.05 bits per heavy atom.